The van der Waals surface area contributed by atoms with Crippen molar-refractivity contribution in [1.29, 1.82) is 0 Å². The molecule has 0 saturated heterocycles. The number of methoxy groups -OCH3 is 1. The van der Waals surface area contributed by atoms with Gasteiger partial charge in [-0.15, -0.1) is 0 Å². The number of nitrogens with one attached hydrogen (secondary N) is 3. The van der Waals surface area contributed by atoms with Crippen LogP contribution in [0.15, 0.2) is 53.5 Å². The van der Waals surface area contributed by atoms with Crippen molar-refractivity contribution in [2.24, 2.45) is 4.99 Å². The van der Waals surface area contributed by atoms with Crippen LogP contribution in [0, 0.1) is 0 Å². The summed E-state index contributed by atoms with van der Waals surface area (Å²) in [5.41, 5.74) is 3.26. The highest BCUT2D eigenvalue weighted by molar-refractivity contribution is 5.90. The zero-order chi connectivity index (χ0) is 21.4. The highest BCUT2D eigenvalue weighted by Gasteiger charge is 2.35. The Morgan fingerprint density at radius 1 is 1.10 bits per heavy atom. The molecule has 3 N–H and O–H groups in total. The number of rotatable bonds is 7. The predicted octanol–water partition coefficient (Wildman–Crippen LogP) is 3.83. The van der Waals surface area contributed by atoms with E-state index in [9.17, 15) is 4.79 Å². The first kappa shape index (κ1) is 21.7. The summed E-state index contributed by atoms with van der Waals surface area (Å²) in [6.07, 6.45) is 4.92. The number of aliphatic imine (C=N–C) groups is 1. The summed E-state index contributed by atoms with van der Waals surface area (Å²) >= 11 is 0. The van der Waals surface area contributed by atoms with E-state index in [0.29, 0.717) is 18.0 Å². The number of ether oxygens (including phenoxy) is 1. The van der Waals surface area contributed by atoms with E-state index in [2.05, 4.69) is 51.3 Å². The predicted molar refractivity (Wildman–Crippen MR) is 122 cm³/mol. The van der Waals surface area contributed by atoms with Crippen LogP contribution in [0.4, 0.5) is 5.69 Å². The molecular weight excluding hydrogens is 376 g/mol. The molecule has 1 fully saturated rings. The Labute approximate surface area is 179 Å². The van der Waals surface area contributed by atoms with Gasteiger partial charge in [-0.05, 0) is 36.1 Å². The summed E-state index contributed by atoms with van der Waals surface area (Å²) in [6.45, 7) is 2.94. The van der Waals surface area contributed by atoms with E-state index < -0.39 is 0 Å². The van der Waals surface area contributed by atoms with Gasteiger partial charge in [-0.25, -0.2) is 0 Å². The lowest BCUT2D eigenvalue weighted by Gasteiger charge is -2.30. The van der Waals surface area contributed by atoms with Crippen molar-refractivity contribution in [3.8, 4) is 5.75 Å². The Kier molecular flexibility index (Phi) is 7.33. The first-order chi connectivity index (χ1) is 14.6. The lowest BCUT2D eigenvalue weighted by molar-refractivity contribution is -0.114. The first-order valence-corrected chi connectivity index (χ1v) is 10.5. The van der Waals surface area contributed by atoms with Crippen molar-refractivity contribution >= 4 is 17.6 Å². The summed E-state index contributed by atoms with van der Waals surface area (Å²) in [5, 5.41) is 9.73. The normalized spacial score (nSPS) is 15.5. The van der Waals surface area contributed by atoms with Crippen LogP contribution in [0.25, 0.3) is 0 Å². The van der Waals surface area contributed by atoms with Gasteiger partial charge in [0.15, 0.2) is 5.96 Å². The molecule has 0 bridgehead atoms. The summed E-state index contributed by atoms with van der Waals surface area (Å²) in [4.78, 5) is 15.8. The molecule has 6 nitrogen and oxygen atoms in total. The maximum atomic E-state index is 11.5. The van der Waals surface area contributed by atoms with E-state index in [-0.39, 0.29) is 11.3 Å². The van der Waals surface area contributed by atoms with E-state index in [1.54, 1.807) is 14.2 Å². The van der Waals surface area contributed by atoms with Crippen molar-refractivity contribution in [2.75, 3.05) is 26.0 Å². The van der Waals surface area contributed by atoms with Crippen LogP contribution in [0.2, 0.25) is 0 Å². The highest BCUT2D eigenvalue weighted by Crippen LogP contribution is 2.40. The number of carbonyl (C=O) groups excluding carboxylic acids is 1. The molecule has 160 valence electrons. The number of amides is 1. The quantitative estimate of drug-likeness (QED) is 0.481. The van der Waals surface area contributed by atoms with E-state index >= 15 is 0 Å². The molecule has 2 aromatic rings. The molecule has 0 unspecified atom stereocenters. The zero-order valence-corrected chi connectivity index (χ0v) is 18.1. The fourth-order valence-corrected chi connectivity index (χ4v) is 4.22. The molecule has 3 rings (SSSR count). The third-order valence-electron chi connectivity index (χ3n) is 5.80. The second-order valence-electron chi connectivity index (χ2n) is 7.85. The van der Waals surface area contributed by atoms with Crippen molar-refractivity contribution in [2.45, 2.75) is 44.6 Å². The monoisotopic (exact) mass is 408 g/mol. The van der Waals surface area contributed by atoms with Gasteiger partial charge in [0.25, 0.3) is 0 Å². The van der Waals surface area contributed by atoms with E-state index in [0.717, 1.165) is 18.1 Å². The molecule has 0 spiro atoms. The van der Waals surface area contributed by atoms with Gasteiger partial charge in [-0.1, -0.05) is 49.2 Å². The smallest absolute Gasteiger partial charge is 0.221 e. The van der Waals surface area contributed by atoms with Gasteiger partial charge in [0.05, 0.1) is 12.8 Å². The van der Waals surface area contributed by atoms with Gasteiger partial charge in [-0.3, -0.25) is 9.79 Å². The Morgan fingerprint density at radius 2 is 1.83 bits per heavy atom. The summed E-state index contributed by atoms with van der Waals surface area (Å²) in [6, 6.07) is 16.6. The average Bonchev–Trinajstić information content (AvgIpc) is 3.24. The number of anilines is 1. The molecule has 1 aliphatic rings. The molecule has 6 heteroatoms. The molecule has 0 aliphatic heterocycles. The van der Waals surface area contributed by atoms with Gasteiger partial charge in [0.1, 0.15) is 5.75 Å². The number of benzene rings is 2. The van der Waals surface area contributed by atoms with Gasteiger partial charge in [0.2, 0.25) is 5.91 Å². The lowest BCUT2D eigenvalue weighted by atomic mass is 9.79. The van der Waals surface area contributed by atoms with E-state index in [1.807, 2.05) is 18.2 Å². The zero-order valence-electron chi connectivity index (χ0n) is 18.1. The molecule has 0 radical (unpaired) electrons. The first-order valence-electron chi connectivity index (χ1n) is 10.5. The lowest BCUT2D eigenvalue weighted by Crippen LogP contribution is -2.44. The van der Waals surface area contributed by atoms with Gasteiger partial charge in [-0.2, -0.15) is 0 Å². The molecule has 1 aliphatic carbocycles. The molecule has 1 saturated carbocycles. The van der Waals surface area contributed by atoms with Crippen LogP contribution in [0.1, 0.15) is 43.7 Å². The number of carbonyl (C=O) groups is 1. The molecule has 2 aromatic carbocycles. The third-order valence-corrected chi connectivity index (χ3v) is 5.80. The molecule has 0 heterocycles. The van der Waals surface area contributed by atoms with Gasteiger partial charge < -0.3 is 20.7 Å². The minimum absolute atomic E-state index is 0.126. The number of guanidine groups is 1. The average molecular weight is 409 g/mol. The summed E-state index contributed by atoms with van der Waals surface area (Å²) < 4.78 is 5.33. The van der Waals surface area contributed by atoms with Crippen LogP contribution in [0.3, 0.4) is 0 Å². The minimum Gasteiger partial charge on any atom is -0.495 e. The van der Waals surface area contributed by atoms with Crippen molar-refractivity contribution in [3.63, 3.8) is 0 Å². The van der Waals surface area contributed by atoms with Crippen molar-refractivity contribution in [1.82, 2.24) is 10.6 Å². The van der Waals surface area contributed by atoms with Crippen LogP contribution >= 0.6 is 0 Å². The molecule has 0 atom stereocenters. The molecule has 0 aromatic heterocycles. The van der Waals surface area contributed by atoms with Crippen molar-refractivity contribution in [3.05, 3.63) is 59.7 Å². The maximum Gasteiger partial charge on any atom is 0.221 e. The number of hydrogen-bond donors (Lipinski definition) is 3. The van der Waals surface area contributed by atoms with Crippen LogP contribution in [0.5, 0.6) is 5.75 Å². The van der Waals surface area contributed by atoms with Crippen LogP contribution in [-0.2, 0) is 16.8 Å². The van der Waals surface area contributed by atoms with E-state index in [1.165, 1.54) is 38.2 Å². The Bertz CT molecular complexity index is 874. The molecular formula is C24H32N4O2. The summed E-state index contributed by atoms with van der Waals surface area (Å²) in [5.74, 6) is 1.29. The number of nitrogens with zero attached hydrogens (tertiary/aromatic N) is 1. The van der Waals surface area contributed by atoms with Crippen LogP contribution < -0.4 is 20.7 Å². The molecule has 1 amide bonds. The van der Waals surface area contributed by atoms with Crippen LogP contribution in [-0.4, -0.2) is 32.6 Å². The topological polar surface area (TPSA) is 74.8 Å². The van der Waals surface area contributed by atoms with Gasteiger partial charge in [0, 0.05) is 32.5 Å². The highest BCUT2D eigenvalue weighted by atomic mass is 16.5. The second-order valence-corrected chi connectivity index (χ2v) is 7.85. The largest absolute Gasteiger partial charge is 0.495 e. The fraction of sp³-hybridized carbons (Fsp3) is 0.417. The minimum atomic E-state index is -0.126. The second kappa shape index (κ2) is 10.1. The maximum absolute atomic E-state index is 11.5. The summed E-state index contributed by atoms with van der Waals surface area (Å²) in [7, 11) is 3.38. The fourth-order valence-electron chi connectivity index (χ4n) is 4.22. The SMILES string of the molecule is CN=C(NCc1ccc(OC)c(NC(C)=O)c1)NCC1(c2ccccc2)CCCC1. The molecule has 30 heavy (non-hydrogen) atoms. The Morgan fingerprint density at radius 3 is 2.47 bits per heavy atom. The van der Waals surface area contributed by atoms with Crippen molar-refractivity contribution < 1.29 is 9.53 Å². The van der Waals surface area contributed by atoms with Gasteiger partial charge >= 0.3 is 0 Å². The standard InChI is InChI=1S/C24H32N4O2/c1-18(29)28-21-15-19(11-12-22(21)30-3)16-26-23(25-2)27-17-24(13-7-8-14-24)20-9-5-4-6-10-20/h4-6,9-12,15H,7-8,13-14,16-17H2,1-3H3,(H,28,29)(H2,25,26,27). The Hall–Kier alpha value is -3.02. The van der Waals surface area contributed by atoms with E-state index in [4.69, 9.17) is 4.74 Å². The Balaban J connectivity index is 1.63. The third kappa shape index (κ3) is 5.32. The number of hydrogen-bond acceptors (Lipinski definition) is 3.